The van der Waals surface area contributed by atoms with Gasteiger partial charge in [-0.05, 0) is 43.4 Å². The molecule has 1 aromatic heterocycles. The van der Waals surface area contributed by atoms with Gasteiger partial charge in [-0.15, -0.1) is 0 Å². The van der Waals surface area contributed by atoms with Gasteiger partial charge < -0.3 is 15.4 Å². The zero-order chi connectivity index (χ0) is 21.0. The second-order valence-electron chi connectivity index (χ2n) is 6.82. The lowest BCUT2D eigenvalue weighted by Gasteiger charge is -2.17. The molecular formula is C21H26N5O3+. The summed E-state index contributed by atoms with van der Waals surface area (Å²) >= 11 is 0. The molecule has 8 nitrogen and oxygen atoms in total. The summed E-state index contributed by atoms with van der Waals surface area (Å²) in [6.07, 6.45) is 0.437. The van der Waals surface area contributed by atoms with Crippen LogP contribution in [0.4, 0.5) is 11.4 Å². The first-order valence-electron chi connectivity index (χ1n) is 9.68. The van der Waals surface area contributed by atoms with Crippen LogP contribution in [-0.2, 0) is 4.79 Å². The molecule has 0 fully saturated rings. The fourth-order valence-corrected chi connectivity index (χ4v) is 3.16. The maximum atomic E-state index is 12.1. The largest absolute Gasteiger partial charge is 0.426 e. The quantitative estimate of drug-likeness (QED) is 0.448. The molecule has 2 aromatic carbocycles. The van der Waals surface area contributed by atoms with Crippen molar-refractivity contribution in [1.82, 2.24) is 14.6 Å². The molecule has 29 heavy (non-hydrogen) atoms. The van der Waals surface area contributed by atoms with Crippen LogP contribution < -0.4 is 5.32 Å². The summed E-state index contributed by atoms with van der Waals surface area (Å²) in [5, 5.41) is 13.4. The monoisotopic (exact) mass is 396 g/mol. The highest BCUT2D eigenvalue weighted by molar-refractivity contribution is 5.91. The highest BCUT2D eigenvalue weighted by Crippen LogP contribution is 2.27. The Morgan fingerprint density at radius 1 is 1.17 bits per heavy atom. The number of benzene rings is 2. The van der Waals surface area contributed by atoms with Gasteiger partial charge in [0.15, 0.2) is 12.9 Å². The number of nitrogens with zero attached hydrogens (tertiary/aromatic N) is 4. The molecule has 0 radical (unpaired) electrons. The van der Waals surface area contributed by atoms with E-state index in [1.54, 1.807) is 42.5 Å². The van der Waals surface area contributed by atoms with Crippen molar-refractivity contribution in [2.24, 2.45) is 0 Å². The normalized spacial score (nSPS) is 11.2. The summed E-state index contributed by atoms with van der Waals surface area (Å²) < 4.78 is 1.70. The van der Waals surface area contributed by atoms with Gasteiger partial charge in [0.1, 0.15) is 5.52 Å². The average Bonchev–Trinajstić information content (AvgIpc) is 3.05. The number of imidazole rings is 1. The molecule has 2 N–H and O–H groups in total. The van der Waals surface area contributed by atoms with Crippen LogP contribution in [0.3, 0.4) is 0 Å². The molecule has 152 valence electrons. The van der Waals surface area contributed by atoms with Crippen molar-refractivity contribution in [1.29, 1.82) is 0 Å². The van der Waals surface area contributed by atoms with Gasteiger partial charge in [0.2, 0.25) is 5.91 Å². The summed E-state index contributed by atoms with van der Waals surface area (Å²) in [6, 6.07) is 12.1. The molecule has 0 saturated heterocycles. The Morgan fingerprint density at radius 2 is 1.86 bits per heavy atom. The molecule has 0 bridgehead atoms. The third kappa shape index (κ3) is 4.60. The average molecular weight is 396 g/mol. The number of nitroso groups, excluding NO2 is 1. The van der Waals surface area contributed by atoms with Crippen molar-refractivity contribution in [2.45, 2.75) is 20.3 Å². The van der Waals surface area contributed by atoms with Crippen LogP contribution in [0.15, 0.2) is 42.5 Å². The number of carbonyl (C=O) groups excluding carboxylic acids is 1. The van der Waals surface area contributed by atoms with E-state index in [2.05, 4.69) is 29.0 Å². The second-order valence-corrected chi connectivity index (χ2v) is 6.82. The SMILES string of the molecule is CCN(CC)CCC(=O)Nc1ccc(-c2nc3ccc([N+](C)=O)cc3n2O)cc1. The molecule has 0 atom stereocenters. The first-order valence-corrected chi connectivity index (χ1v) is 9.68. The molecule has 0 spiro atoms. The third-order valence-corrected chi connectivity index (χ3v) is 4.95. The van der Waals surface area contributed by atoms with Crippen LogP contribution in [0.1, 0.15) is 20.3 Å². The summed E-state index contributed by atoms with van der Waals surface area (Å²) in [4.78, 5) is 30.3. The number of aromatic nitrogens is 2. The van der Waals surface area contributed by atoms with E-state index >= 15 is 0 Å². The van der Waals surface area contributed by atoms with E-state index in [9.17, 15) is 14.9 Å². The summed E-state index contributed by atoms with van der Waals surface area (Å²) in [5.41, 5.74) is 2.86. The Bertz CT molecular complexity index is 1020. The first-order chi connectivity index (χ1) is 13.9. The van der Waals surface area contributed by atoms with Gasteiger partial charge >= 0.3 is 0 Å². The van der Waals surface area contributed by atoms with Crippen molar-refractivity contribution < 1.29 is 14.8 Å². The number of rotatable bonds is 8. The van der Waals surface area contributed by atoms with E-state index in [4.69, 9.17) is 0 Å². The van der Waals surface area contributed by atoms with Gasteiger partial charge in [0, 0.05) is 46.0 Å². The van der Waals surface area contributed by atoms with Crippen molar-refractivity contribution in [2.75, 3.05) is 32.0 Å². The number of hydrogen-bond acceptors (Lipinski definition) is 5. The van der Waals surface area contributed by atoms with Gasteiger partial charge in [-0.3, -0.25) is 4.79 Å². The van der Waals surface area contributed by atoms with Crippen molar-refractivity contribution in [3.05, 3.63) is 47.4 Å². The Morgan fingerprint density at radius 3 is 2.48 bits per heavy atom. The third-order valence-electron chi connectivity index (χ3n) is 4.95. The maximum absolute atomic E-state index is 12.1. The van der Waals surface area contributed by atoms with E-state index in [1.165, 1.54) is 7.05 Å². The molecule has 8 heteroatoms. The van der Waals surface area contributed by atoms with E-state index in [-0.39, 0.29) is 5.91 Å². The summed E-state index contributed by atoms with van der Waals surface area (Å²) in [7, 11) is 1.40. The second kappa shape index (κ2) is 8.83. The molecular weight excluding hydrogens is 370 g/mol. The number of hydrogen-bond donors (Lipinski definition) is 2. The number of carbonyl (C=O) groups is 1. The Balaban J connectivity index is 1.74. The highest BCUT2D eigenvalue weighted by Gasteiger charge is 2.16. The lowest BCUT2D eigenvalue weighted by atomic mass is 10.2. The molecule has 0 aliphatic carbocycles. The molecule has 1 amide bonds. The summed E-state index contributed by atoms with van der Waals surface area (Å²) in [6.45, 7) is 6.73. The smallest absolute Gasteiger partial charge is 0.257 e. The zero-order valence-corrected chi connectivity index (χ0v) is 16.9. The van der Waals surface area contributed by atoms with Gasteiger partial charge in [0.05, 0.1) is 5.52 Å². The van der Waals surface area contributed by atoms with Crippen LogP contribution in [-0.4, -0.2) is 57.2 Å². The van der Waals surface area contributed by atoms with Crippen molar-refractivity contribution in [3.63, 3.8) is 0 Å². The lowest BCUT2D eigenvalue weighted by Crippen LogP contribution is -2.27. The first kappa shape index (κ1) is 20.5. The van der Waals surface area contributed by atoms with Crippen LogP contribution in [0.25, 0.3) is 22.4 Å². The Hall–Kier alpha value is -3.26. The fourth-order valence-electron chi connectivity index (χ4n) is 3.16. The van der Waals surface area contributed by atoms with Crippen LogP contribution in [0.2, 0.25) is 0 Å². The number of amides is 1. The number of nitrogens with one attached hydrogen (secondary N) is 1. The van der Waals surface area contributed by atoms with Crippen molar-refractivity contribution >= 4 is 28.3 Å². The minimum absolute atomic E-state index is 0.0340. The minimum atomic E-state index is -0.0340. The number of fused-ring (bicyclic) bond motifs is 1. The van der Waals surface area contributed by atoms with Crippen LogP contribution in [0.5, 0.6) is 0 Å². The lowest BCUT2D eigenvalue weighted by molar-refractivity contribution is -0.428. The minimum Gasteiger partial charge on any atom is -0.426 e. The van der Waals surface area contributed by atoms with Crippen LogP contribution in [0, 0.1) is 4.91 Å². The van der Waals surface area contributed by atoms with Gasteiger partial charge in [0.25, 0.3) is 5.69 Å². The van der Waals surface area contributed by atoms with Gasteiger partial charge in [-0.1, -0.05) is 13.8 Å². The van der Waals surface area contributed by atoms with E-state index < -0.39 is 0 Å². The van der Waals surface area contributed by atoms with Crippen molar-refractivity contribution in [3.8, 4) is 11.4 Å². The predicted molar refractivity (Wildman–Crippen MR) is 113 cm³/mol. The molecule has 0 aliphatic heterocycles. The Labute approximate surface area is 169 Å². The zero-order valence-electron chi connectivity index (χ0n) is 16.9. The van der Waals surface area contributed by atoms with E-state index in [0.717, 1.165) is 29.1 Å². The molecule has 3 rings (SSSR count). The maximum Gasteiger partial charge on any atom is 0.257 e. The predicted octanol–water partition coefficient (Wildman–Crippen LogP) is 3.65. The van der Waals surface area contributed by atoms with Crippen LogP contribution >= 0.6 is 0 Å². The van der Waals surface area contributed by atoms with Gasteiger partial charge in [-0.2, -0.15) is 4.73 Å². The number of anilines is 1. The highest BCUT2D eigenvalue weighted by atomic mass is 16.5. The molecule has 1 heterocycles. The molecule has 0 unspecified atom stereocenters. The topological polar surface area (TPSA) is 90.5 Å². The van der Waals surface area contributed by atoms with E-state index in [0.29, 0.717) is 40.2 Å². The molecule has 0 aliphatic rings. The van der Waals surface area contributed by atoms with E-state index in [1.807, 2.05) is 0 Å². The molecule has 3 aromatic rings. The van der Waals surface area contributed by atoms with Gasteiger partial charge in [-0.25, -0.2) is 4.98 Å². The summed E-state index contributed by atoms with van der Waals surface area (Å²) in [5.74, 6) is 0.332. The molecule has 0 saturated carbocycles. The fraction of sp³-hybridized carbons (Fsp3) is 0.333. The standard InChI is InChI=1S/C21H25N5O3/c1-4-25(5-2)13-12-20(27)22-16-8-6-15(7-9-16)21-23-18-11-10-17(24(3)28)14-19(18)26(21)29/h6-11,14H,4-5,12-13H2,1-3H3,(H-,22,23,27,28,29)/p+1. The Kier molecular flexibility index (Phi) is 6.23.